The fourth-order valence-corrected chi connectivity index (χ4v) is 4.24. The number of ether oxygens (including phenoxy) is 1. The first-order valence-corrected chi connectivity index (χ1v) is 10.0. The van der Waals surface area contributed by atoms with Crippen molar-refractivity contribution in [1.29, 1.82) is 0 Å². The molecule has 0 unspecified atom stereocenters. The van der Waals surface area contributed by atoms with Gasteiger partial charge in [-0.15, -0.1) is 0 Å². The van der Waals surface area contributed by atoms with E-state index in [1.807, 2.05) is 12.1 Å². The van der Waals surface area contributed by atoms with Crippen LogP contribution in [0.5, 0.6) is 5.75 Å². The predicted octanol–water partition coefficient (Wildman–Crippen LogP) is 2.33. The minimum absolute atomic E-state index is 0.225. The van der Waals surface area contributed by atoms with E-state index in [0.29, 0.717) is 11.9 Å². The summed E-state index contributed by atoms with van der Waals surface area (Å²) in [5.74, 6) is 1.45. The minimum atomic E-state index is 0.225. The molecule has 4 nitrogen and oxygen atoms in total. The van der Waals surface area contributed by atoms with Gasteiger partial charge in [0.25, 0.3) is 0 Å². The molecule has 1 aromatic carbocycles. The van der Waals surface area contributed by atoms with E-state index in [1.54, 1.807) is 12.0 Å². The topological polar surface area (TPSA) is 42.8 Å². The zero-order chi connectivity index (χ0) is 17.5. The van der Waals surface area contributed by atoms with E-state index >= 15 is 0 Å². The molecule has 2 N–H and O–H groups in total. The van der Waals surface area contributed by atoms with Gasteiger partial charge in [0.15, 0.2) is 0 Å². The summed E-state index contributed by atoms with van der Waals surface area (Å²) in [6.07, 6.45) is 9.60. The Hall–Kier alpha value is -1.55. The molecule has 0 radical (unpaired) electrons. The number of carbonyl (C=O) groups is 1. The largest absolute Gasteiger partial charge is 0.497 e. The lowest BCUT2D eigenvalue weighted by molar-refractivity contribution is -0.919. The van der Waals surface area contributed by atoms with E-state index in [-0.39, 0.29) is 5.92 Å². The summed E-state index contributed by atoms with van der Waals surface area (Å²) < 4.78 is 5.22. The van der Waals surface area contributed by atoms with E-state index in [4.69, 9.17) is 4.74 Å². The van der Waals surface area contributed by atoms with Gasteiger partial charge in [-0.3, -0.25) is 4.79 Å². The Morgan fingerprint density at radius 2 is 1.68 bits per heavy atom. The number of amides is 1. The van der Waals surface area contributed by atoms with E-state index in [2.05, 4.69) is 17.4 Å². The molecule has 3 rings (SSSR count). The number of hydrogen-bond acceptors (Lipinski definition) is 2. The number of rotatable bonds is 5. The first-order chi connectivity index (χ1) is 12.2. The van der Waals surface area contributed by atoms with E-state index < -0.39 is 0 Å². The third-order valence-corrected chi connectivity index (χ3v) is 5.88. The van der Waals surface area contributed by atoms with Crippen molar-refractivity contribution in [3.05, 3.63) is 29.8 Å². The zero-order valence-electron chi connectivity index (χ0n) is 15.6. The summed E-state index contributed by atoms with van der Waals surface area (Å²) in [4.78, 5) is 14.2. The highest BCUT2D eigenvalue weighted by Crippen LogP contribution is 2.19. The average Bonchev–Trinajstić information content (AvgIpc) is 2.91. The van der Waals surface area contributed by atoms with E-state index in [0.717, 1.165) is 38.2 Å². The zero-order valence-corrected chi connectivity index (χ0v) is 15.6. The molecule has 0 aromatic heterocycles. The Morgan fingerprint density at radius 3 is 2.28 bits per heavy atom. The van der Waals surface area contributed by atoms with Crippen LogP contribution >= 0.6 is 0 Å². The molecular formula is C21H33N2O2+. The number of nitrogens with one attached hydrogen (secondary N) is 2. The number of likely N-dealkylation sites (tertiary alicyclic amines) is 1. The van der Waals surface area contributed by atoms with Crippen LogP contribution in [0.3, 0.4) is 0 Å². The van der Waals surface area contributed by atoms with Gasteiger partial charge in [-0.05, 0) is 37.1 Å². The summed E-state index contributed by atoms with van der Waals surface area (Å²) in [6.45, 7) is 3.23. The third kappa shape index (κ3) is 5.46. The first-order valence-electron chi connectivity index (χ1n) is 10.0. The number of hydrogen-bond donors (Lipinski definition) is 2. The molecule has 1 amide bonds. The standard InChI is InChI=1S/C21H32N2O2/c1-25-20-10-8-17(9-11-20)16-23-14-12-18(13-15-23)21(24)22-19-6-4-2-3-5-7-19/h8-11,18-19H,2-7,12-16H2,1H3,(H,22,24)/p+1. The molecule has 1 saturated carbocycles. The van der Waals surface area contributed by atoms with E-state index in [9.17, 15) is 4.79 Å². The molecule has 1 saturated heterocycles. The quantitative estimate of drug-likeness (QED) is 0.805. The molecular weight excluding hydrogens is 312 g/mol. The molecule has 0 atom stereocenters. The highest BCUT2D eigenvalue weighted by Gasteiger charge is 2.28. The van der Waals surface area contributed by atoms with Crippen LogP contribution in [-0.4, -0.2) is 32.1 Å². The molecule has 1 aliphatic carbocycles. The third-order valence-electron chi connectivity index (χ3n) is 5.88. The second kappa shape index (κ2) is 9.23. The maximum Gasteiger partial charge on any atom is 0.223 e. The fourth-order valence-electron chi connectivity index (χ4n) is 4.24. The Bertz CT molecular complexity index is 527. The number of benzene rings is 1. The van der Waals surface area contributed by atoms with Crippen molar-refractivity contribution >= 4 is 5.91 Å². The average molecular weight is 346 g/mol. The van der Waals surface area contributed by atoms with Crippen molar-refractivity contribution in [2.45, 2.75) is 64.0 Å². The van der Waals surface area contributed by atoms with Crippen molar-refractivity contribution < 1.29 is 14.4 Å². The van der Waals surface area contributed by atoms with Crippen LogP contribution in [0.1, 0.15) is 56.9 Å². The second-order valence-electron chi connectivity index (χ2n) is 7.75. The van der Waals surface area contributed by atoms with Crippen LogP contribution < -0.4 is 15.0 Å². The Labute approximate surface area is 151 Å². The Kier molecular flexibility index (Phi) is 6.74. The molecule has 1 aliphatic heterocycles. The Balaban J connectivity index is 1.42. The maximum absolute atomic E-state index is 12.6. The lowest BCUT2D eigenvalue weighted by Crippen LogP contribution is -3.11. The van der Waals surface area contributed by atoms with Gasteiger partial charge in [0, 0.05) is 30.4 Å². The molecule has 0 bridgehead atoms. The number of methoxy groups -OCH3 is 1. The van der Waals surface area contributed by atoms with Crippen molar-refractivity contribution in [1.82, 2.24) is 5.32 Å². The van der Waals surface area contributed by atoms with Gasteiger partial charge in [-0.1, -0.05) is 25.7 Å². The SMILES string of the molecule is COc1ccc(C[NH+]2CCC(C(=O)NC3CCCCCC3)CC2)cc1. The van der Waals surface area contributed by atoms with Crippen molar-refractivity contribution in [2.24, 2.45) is 5.92 Å². The molecule has 1 aromatic rings. The van der Waals surface area contributed by atoms with Gasteiger partial charge in [-0.2, -0.15) is 0 Å². The number of quaternary nitrogens is 1. The van der Waals surface area contributed by atoms with Gasteiger partial charge in [0.05, 0.1) is 20.2 Å². The van der Waals surface area contributed by atoms with Crippen LogP contribution in [0.4, 0.5) is 0 Å². The number of piperidine rings is 1. The van der Waals surface area contributed by atoms with Crippen LogP contribution in [0.25, 0.3) is 0 Å². The predicted molar refractivity (Wildman–Crippen MR) is 99.8 cm³/mol. The smallest absolute Gasteiger partial charge is 0.223 e. The minimum Gasteiger partial charge on any atom is -0.497 e. The number of carbonyl (C=O) groups excluding carboxylic acids is 1. The summed E-state index contributed by atoms with van der Waals surface area (Å²) in [5, 5.41) is 3.34. The van der Waals surface area contributed by atoms with Gasteiger partial charge in [0.1, 0.15) is 12.3 Å². The molecule has 2 aliphatic rings. The monoisotopic (exact) mass is 345 g/mol. The van der Waals surface area contributed by atoms with Gasteiger partial charge in [-0.25, -0.2) is 0 Å². The molecule has 4 heteroatoms. The first kappa shape index (κ1) is 18.2. The lowest BCUT2D eigenvalue weighted by Gasteiger charge is -2.29. The second-order valence-corrected chi connectivity index (χ2v) is 7.75. The van der Waals surface area contributed by atoms with E-state index in [1.165, 1.54) is 44.1 Å². The van der Waals surface area contributed by atoms with Crippen molar-refractivity contribution in [3.63, 3.8) is 0 Å². The molecule has 138 valence electrons. The molecule has 2 fully saturated rings. The van der Waals surface area contributed by atoms with Gasteiger partial charge in [0.2, 0.25) is 5.91 Å². The summed E-state index contributed by atoms with van der Waals surface area (Å²) >= 11 is 0. The molecule has 1 heterocycles. The van der Waals surface area contributed by atoms with Gasteiger partial charge < -0.3 is 15.0 Å². The van der Waals surface area contributed by atoms with Crippen LogP contribution in [0, 0.1) is 5.92 Å². The summed E-state index contributed by atoms with van der Waals surface area (Å²) in [7, 11) is 1.70. The summed E-state index contributed by atoms with van der Waals surface area (Å²) in [5.41, 5.74) is 1.34. The van der Waals surface area contributed by atoms with Crippen molar-refractivity contribution in [2.75, 3.05) is 20.2 Å². The normalized spacial score (nSPS) is 25.2. The van der Waals surface area contributed by atoms with Crippen molar-refractivity contribution in [3.8, 4) is 5.75 Å². The highest BCUT2D eigenvalue weighted by molar-refractivity contribution is 5.79. The Morgan fingerprint density at radius 1 is 1.04 bits per heavy atom. The summed E-state index contributed by atoms with van der Waals surface area (Å²) in [6, 6.07) is 8.79. The molecule has 0 spiro atoms. The maximum atomic E-state index is 12.6. The fraction of sp³-hybridized carbons (Fsp3) is 0.667. The van der Waals surface area contributed by atoms with Crippen LogP contribution in [0.15, 0.2) is 24.3 Å². The highest BCUT2D eigenvalue weighted by atomic mass is 16.5. The van der Waals surface area contributed by atoms with Crippen LogP contribution in [-0.2, 0) is 11.3 Å². The van der Waals surface area contributed by atoms with Gasteiger partial charge >= 0.3 is 0 Å². The lowest BCUT2D eigenvalue weighted by atomic mass is 9.94. The van der Waals surface area contributed by atoms with Crippen LogP contribution in [0.2, 0.25) is 0 Å². The molecule has 25 heavy (non-hydrogen) atoms.